The topological polar surface area (TPSA) is 0 Å². The van der Waals surface area contributed by atoms with Crippen molar-refractivity contribution in [2.24, 2.45) is 0 Å². The molecule has 0 spiro atoms. The minimum Gasteiger partial charge on any atom is -0.214 e. The molecular weight excluding hydrogens is 438 g/mol. The van der Waals surface area contributed by atoms with Gasteiger partial charge in [0.15, 0.2) is 0 Å². The van der Waals surface area contributed by atoms with E-state index in [0.717, 1.165) is 14.3 Å². The van der Waals surface area contributed by atoms with Gasteiger partial charge in [-0.15, -0.1) is 0 Å². The number of hydrogen-bond donors (Lipinski definition) is 0. The van der Waals surface area contributed by atoms with Crippen LogP contribution in [0.15, 0.2) is 121 Å². The summed E-state index contributed by atoms with van der Waals surface area (Å²) in [7, 11) is 12.5. The Morgan fingerprint density at radius 1 is 0.538 bits per heavy atom. The fourth-order valence-electron chi connectivity index (χ4n) is 2.24. The molecule has 3 heteroatoms. The molecule has 0 amide bonds. The van der Waals surface area contributed by atoms with Crippen molar-refractivity contribution in [2.75, 3.05) is 0 Å². The smallest absolute Gasteiger partial charge is 0.172 e. The van der Waals surface area contributed by atoms with E-state index in [-0.39, 0.29) is 0 Å². The molecule has 0 N–H and O–H groups in total. The summed E-state index contributed by atoms with van der Waals surface area (Å²) >= 11 is -2.44. The van der Waals surface area contributed by atoms with Crippen molar-refractivity contribution in [3.05, 3.63) is 132 Å². The number of hydrogen-bond acceptors (Lipinski definition) is 0. The zero-order valence-corrected chi connectivity index (χ0v) is 18.3. The van der Waals surface area contributed by atoms with Gasteiger partial charge in [0.25, 0.3) is 0 Å². The molecule has 0 saturated carbocycles. The van der Waals surface area contributed by atoms with E-state index in [2.05, 4.69) is 24.3 Å². The van der Waals surface area contributed by atoms with Crippen LogP contribution in [0.5, 0.6) is 0 Å². The average molecular weight is 459 g/mol. The molecule has 0 bridgehead atoms. The van der Waals surface area contributed by atoms with Crippen LogP contribution in [0.4, 0.5) is 0 Å². The molecule has 0 saturated heterocycles. The van der Waals surface area contributed by atoms with Crippen LogP contribution >= 0.6 is 17.0 Å². The molecule has 132 valence electrons. The van der Waals surface area contributed by atoms with Crippen molar-refractivity contribution in [1.82, 2.24) is 0 Å². The molecule has 0 aliphatic rings. The Morgan fingerprint density at radius 2 is 0.885 bits per heavy atom. The largest absolute Gasteiger partial charge is 0.214 e. The normalized spacial score (nSPS) is 9.15. The predicted molar refractivity (Wildman–Crippen MR) is 112 cm³/mol. The van der Waals surface area contributed by atoms with E-state index in [4.69, 9.17) is 17.0 Å². The number of halogens is 2. The minimum absolute atomic E-state index is 1.15. The van der Waals surface area contributed by atoms with Gasteiger partial charge in [-0.25, -0.2) is 24.3 Å². The molecule has 0 aliphatic carbocycles. The number of rotatable bonds is 2. The summed E-state index contributed by atoms with van der Waals surface area (Å²) in [6.07, 6.45) is 0. The average Bonchev–Trinajstić information content (AvgIpc) is 3.42. The second-order valence-electron chi connectivity index (χ2n) is 5.29. The van der Waals surface area contributed by atoms with Crippen LogP contribution in [0.1, 0.15) is 11.1 Å². The minimum atomic E-state index is -2.44. The fraction of sp³-hybridized carbons (Fsp3) is 0. The fourth-order valence-corrected chi connectivity index (χ4v) is 6.71. The van der Waals surface area contributed by atoms with Crippen LogP contribution in [0, 0.1) is 0 Å². The van der Waals surface area contributed by atoms with Crippen LogP contribution in [-0.4, -0.2) is 3.21 Å². The first-order valence-corrected chi connectivity index (χ1v) is 15.8. The zero-order valence-electron chi connectivity index (χ0n) is 14.3. The molecule has 0 aliphatic heterocycles. The third-order valence-corrected chi connectivity index (χ3v) is 8.01. The van der Waals surface area contributed by atoms with Gasteiger partial charge >= 0.3 is 111 Å². The molecule has 0 heterocycles. The Kier molecular flexibility index (Phi) is 10.2. The molecule has 26 heavy (non-hydrogen) atoms. The van der Waals surface area contributed by atoms with E-state index in [9.17, 15) is 0 Å². The molecule has 4 rings (SSSR count). The van der Waals surface area contributed by atoms with E-state index >= 15 is 0 Å². The van der Waals surface area contributed by atoms with Crippen LogP contribution in [0.3, 0.4) is 0 Å². The van der Waals surface area contributed by atoms with Gasteiger partial charge in [-0.3, -0.25) is 0 Å². The first-order valence-electron chi connectivity index (χ1n) is 8.28. The van der Waals surface area contributed by atoms with Crippen LogP contribution in [0.25, 0.3) is 0 Å². The monoisotopic (exact) mass is 456 g/mol. The quantitative estimate of drug-likeness (QED) is 0.284. The van der Waals surface area contributed by atoms with E-state index in [1.54, 1.807) is 0 Å². The first-order chi connectivity index (χ1) is 12.8. The van der Waals surface area contributed by atoms with Gasteiger partial charge in [0.2, 0.25) is 0 Å². The van der Waals surface area contributed by atoms with Crippen LogP contribution in [0.2, 0.25) is 0 Å². The van der Waals surface area contributed by atoms with E-state index in [1.807, 2.05) is 97.1 Å². The Bertz CT molecular complexity index is 728. The van der Waals surface area contributed by atoms with Crippen molar-refractivity contribution >= 4 is 20.2 Å². The van der Waals surface area contributed by atoms with Gasteiger partial charge in [0.1, 0.15) is 0 Å². The molecule has 4 aromatic rings. The maximum atomic E-state index is 6.24. The van der Waals surface area contributed by atoms with Crippen LogP contribution < -0.4 is 0 Å². The SMILES string of the molecule is [Cl][Zr]([Cl])=[C](c1ccccc1)c1ccccc1.c1cc[cH-]c1.c1cc[cH-]c1. The third-order valence-electron chi connectivity index (χ3n) is 3.43. The summed E-state index contributed by atoms with van der Waals surface area (Å²) in [6.45, 7) is 0. The van der Waals surface area contributed by atoms with Gasteiger partial charge in [-0.05, 0) is 0 Å². The standard InChI is InChI=1S/C13H10.2C5H5.2ClH.Zr/c1-3-7-12(8-4-1)11-13-9-5-2-6-10-13;2*1-2-4-5-3-1;;;/h1-10H;2*1-5H;2*1H;/q;2*-1;;;+2/p-2. The van der Waals surface area contributed by atoms with Crippen molar-refractivity contribution in [1.29, 1.82) is 0 Å². The van der Waals surface area contributed by atoms with Gasteiger partial charge in [0, 0.05) is 0 Å². The zero-order chi connectivity index (χ0) is 18.5. The Balaban J connectivity index is 0.000000196. The third kappa shape index (κ3) is 7.79. The maximum Gasteiger partial charge on any atom is -0.172 e. The van der Waals surface area contributed by atoms with E-state index in [0.29, 0.717) is 0 Å². The summed E-state index contributed by atoms with van der Waals surface area (Å²) < 4.78 is 1.15. The maximum absolute atomic E-state index is 6.24. The van der Waals surface area contributed by atoms with Gasteiger partial charge in [0.05, 0.1) is 0 Å². The predicted octanol–water partition coefficient (Wildman–Crippen LogP) is 6.99. The second kappa shape index (κ2) is 12.8. The summed E-state index contributed by atoms with van der Waals surface area (Å²) in [5.74, 6) is 0. The van der Waals surface area contributed by atoms with Gasteiger partial charge in [-0.2, -0.15) is 36.4 Å². The molecule has 0 radical (unpaired) electrons. The molecule has 0 aromatic heterocycles. The molecule has 4 aromatic carbocycles. The molecule has 0 atom stereocenters. The summed E-state index contributed by atoms with van der Waals surface area (Å²) in [4.78, 5) is 0. The van der Waals surface area contributed by atoms with Crippen molar-refractivity contribution in [3.63, 3.8) is 0 Å². The molecule has 0 unspecified atom stereocenters. The molecule has 0 nitrogen and oxygen atoms in total. The summed E-state index contributed by atoms with van der Waals surface area (Å²) in [6, 6.07) is 40.3. The Hall–Kier alpha value is -1.53. The molecular formula is C23H20Cl2Zr-2. The Labute approximate surface area is 170 Å². The van der Waals surface area contributed by atoms with Crippen molar-refractivity contribution < 1.29 is 18.9 Å². The van der Waals surface area contributed by atoms with E-state index < -0.39 is 18.9 Å². The van der Waals surface area contributed by atoms with Crippen molar-refractivity contribution in [3.8, 4) is 0 Å². The summed E-state index contributed by atoms with van der Waals surface area (Å²) in [5, 5.41) is 0. The Morgan fingerprint density at radius 3 is 1.12 bits per heavy atom. The molecule has 0 fully saturated rings. The first kappa shape index (κ1) is 20.8. The number of benzene rings is 2. The van der Waals surface area contributed by atoms with Gasteiger partial charge < -0.3 is 0 Å². The summed E-state index contributed by atoms with van der Waals surface area (Å²) in [5.41, 5.74) is 2.29. The van der Waals surface area contributed by atoms with E-state index in [1.165, 1.54) is 0 Å². The van der Waals surface area contributed by atoms with Crippen molar-refractivity contribution in [2.45, 2.75) is 0 Å². The van der Waals surface area contributed by atoms with Gasteiger partial charge in [-0.1, -0.05) is 0 Å². The van der Waals surface area contributed by atoms with Crippen LogP contribution in [-0.2, 0) is 18.9 Å². The second-order valence-corrected chi connectivity index (χ2v) is 13.4.